The van der Waals surface area contributed by atoms with Gasteiger partial charge in [0.05, 0.1) is 0 Å². The van der Waals surface area contributed by atoms with E-state index >= 15 is 0 Å². The van der Waals surface area contributed by atoms with Crippen LogP contribution in [0.5, 0.6) is 0 Å². The normalized spacial score (nSPS) is 11.0. The molecule has 0 aromatic heterocycles. The standard InChI is InChI=1S/C23H30O6S2.C2H5NO/c1-4-19(25)6-5-7-20(26)13-12-17-8-10-18(11-9-17)14-21(27)15-29-23(28)22(16(2)24)31-30-3;1-2(3)4/h8-11,22H,4-7,12-15H2,1-3H3;1H3,(H2,3,4). The third-order valence-corrected chi connectivity index (χ3v) is 6.64. The summed E-state index contributed by atoms with van der Waals surface area (Å²) in [5.41, 5.74) is 6.26. The Morgan fingerprint density at radius 2 is 1.43 bits per heavy atom. The van der Waals surface area contributed by atoms with Gasteiger partial charge in [0.1, 0.15) is 18.2 Å². The van der Waals surface area contributed by atoms with E-state index in [1.165, 1.54) is 24.6 Å². The SMILES string of the molecule is CC(N)=O.CCC(=O)CCCC(=O)CCc1ccc(CC(=O)COC(=O)C(SSC)C(C)=O)cc1. The molecule has 0 radical (unpaired) electrons. The molecule has 0 saturated heterocycles. The van der Waals surface area contributed by atoms with E-state index in [9.17, 15) is 28.8 Å². The van der Waals surface area contributed by atoms with Gasteiger partial charge in [-0.05, 0) is 37.1 Å². The van der Waals surface area contributed by atoms with Crippen LogP contribution >= 0.6 is 21.6 Å². The van der Waals surface area contributed by atoms with E-state index < -0.39 is 11.2 Å². The fourth-order valence-electron chi connectivity index (χ4n) is 2.77. The van der Waals surface area contributed by atoms with Crippen molar-refractivity contribution in [1.29, 1.82) is 0 Å². The van der Waals surface area contributed by atoms with Gasteiger partial charge in [-0.15, -0.1) is 0 Å². The highest BCUT2D eigenvalue weighted by Crippen LogP contribution is 2.25. The summed E-state index contributed by atoms with van der Waals surface area (Å²) in [5.74, 6) is -1.26. The topological polar surface area (TPSA) is 138 Å². The summed E-state index contributed by atoms with van der Waals surface area (Å²) in [6.07, 6.45) is 4.95. The van der Waals surface area contributed by atoms with E-state index in [0.29, 0.717) is 38.5 Å². The predicted octanol–water partition coefficient (Wildman–Crippen LogP) is 3.45. The van der Waals surface area contributed by atoms with E-state index in [0.717, 1.165) is 21.9 Å². The number of ether oxygens (including phenoxy) is 1. The number of ketones is 4. The number of rotatable bonds is 16. The van der Waals surface area contributed by atoms with Gasteiger partial charge in [0.25, 0.3) is 0 Å². The summed E-state index contributed by atoms with van der Waals surface area (Å²) in [6, 6.07) is 7.40. The Balaban J connectivity index is 0.00000267. The molecule has 1 aromatic rings. The summed E-state index contributed by atoms with van der Waals surface area (Å²) in [6.45, 7) is 4.08. The van der Waals surface area contributed by atoms with Gasteiger partial charge in [-0.3, -0.25) is 28.8 Å². The first-order chi connectivity index (χ1) is 16.5. The Morgan fingerprint density at radius 3 is 1.94 bits per heavy atom. The van der Waals surface area contributed by atoms with Crippen LogP contribution in [-0.4, -0.2) is 53.1 Å². The van der Waals surface area contributed by atoms with Crippen molar-refractivity contribution in [3.63, 3.8) is 0 Å². The minimum absolute atomic E-state index is 0.123. The van der Waals surface area contributed by atoms with Crippen LogP contribution in [-0.2, 0) is 46.3 Å². The Bertz CT molecular complexity index is 865. The molecule has 35 heavy (non-hydrogen) atoms. The number of nitrogens with two attached hydrogens (primary N) is 1. The molecule has 0 saturated carbocycles. The van der Waals surface area contributed by atoms with Crippen LogP contribution in [0.25, 0.3) is 0 Å². The first-order valence-electron chi connectivity index (χ1n) is 11.3. The minimum atomic E-state index is -0.920. The molecule has 0 spiro atoms. The lowest BCUT2D eigenvalue weighted by Gasteiger charge is -2.11. The van der Waals surface area contributed by atoms with Crippen LogP contribution in [0.4, 0.5) is 0 Å². The highest BCUT2D eigenvalue weighted by Gasteiger charge is 2.26. The summed E-state index contributed by atoms with van der Waals surface area (Å²) >= 11 is 0. The first-order valence-corrected chi connectivity index (χ1v) is 13.9. The number of hydrogen-bond acceptors (Lipinski definition) is 9. The van der Waals surface area contributed by atoms with Crippen molar-refractivity contribution in [1.82, 2.24) is 0 Å². The van der Waals surface area contributed by atoms with Gasteiger partial charge >= 0.3 is 5.97 Å². The Kier molecular flexibility index (Phi) is 17.5. The molecule has 1 aromatic carbocycles. The van der Waals surface area contributed by atoms with Gasteiger partial charge in [-0.1, -0.05) is 52.8 Å². The van der Waals surface area contributed by atoms with Gasteiger partial charge in [-0.25, -0.2) is 0 Å². The monoisotopic (exact) mass is 525 g/mol. The number of carbonyl (C=O) groups excluding carboxylic acids is 6. The third-order valence-electron chi connectivity index (χ3n) is 4.57. The lowest BCUT2D eigenvalue weighted by atomic mass is 10.0. The average Bonchev–Trinajstić information content (AvgIpc) is 2.79. The largest absolute Gasteiger partial charge is 0.456 e. The Hall–Kier alpha value is -2.46. The van der Waals surface area contributed by atoms with Crippen molar-refractivity contribution in [2.24, 2.45) is 5.73 Å². The third kappa shape index (κ3) is 16.7. The number of amides is 1. The average molecular weight is 526 g/mol. The van der Waals surface area contributed by atoms with E-state index in [-0.39, 0.29) is 42.1 Å². The zero-order chi connectivity index (χ0) is 26.8. The summed E-state index contributed by atoms with van der Waals surface area (Å²) in [5, 5.41) is -0.920. The molecule has 194 valence electrons. The van der Waals surface area contributed by atoms with Crippen molar-refractivity contribution in [2.45, 2.75) is 71.0 Å². The fourth-order valence-corrected chi connectivity index (χ4v) is 4.46. The zero-order valence-electron chi connectivity index (χ0n) is 20.8. The van der Waals surface area contributed by atoms with Crippen LogP contribution in [0, 0.1) is 0 Å². The maximum Gasteiger partial charge on any atom is 0.328 e. The molecule has 0 heterocycles. The van der Waals surface area contributed by atoms with E-state index in [1.807, 2.05) is 31.2 Å². The molecule has 0 fully saturated rings. The number of benzene rings is 1. The quantitative estimate of drug-likeness (QED) is 0.195. The minimum Gasteiger partial charge on any atom is -0.456 e. The second-order valence-electron chi connectivity index (χ2n) is 7.79. The number of carbonyl (C=O) groups is 6. The molecule has 0 aliphatic heterocycles. The summed E-state index contributed by atoms with van der Waals surface area (Å²) in [4.78, 5) is 67.9. The molecule has 10 heteroatoms. The van der Waals surface area contributed by atoms with Crippen LogP contribution in [0.1, 0.15) is 64.0 Å². The van der Waals surface area contributed by atoms with Crippen molar-refractivity contribution in [3.8, 4) is 0 Å². The lowest BCUT2D eigenvalue weighted by Crippen LogP contribution is -2.28. The summed E-state index contributed by atoms with van der Waals surface area (Å²) in [7, 11) is 2.40. The number of aryl methyl sites for hydroxylation is 1. The van der Waals surface area contributed by atoms with E-state index in [2.05, 4.69) is 5.73 Å². The Labute approximate surface area is 214 Å². The molecule has 0 aliphatic rings. The number of primary amides is 1. The smallest absolute Gasteiger partial charge is 0.328 e. The summed E-state index contributed by atoms with van der Waals surface area (Å²) < 4.78 is 4.99. The molecule has 1 amide bonds. The predicted molar refractivity (Wildman–Crippen MR) is 139 cm³/mol. The molecule has 0 aliphatic carbocycles. The van der Waals surface area contributed by atoms with Gasteiger partial charge in [0.15, 0.2) is 16.8 Å². The lowest BCUT2D eigenvalue weighted by molar-refractivity contribution is -0.148. The van der Waals surface area contributed by atoms with E-state index in [1.54, 1.807) is 6.26 Å². The highest BCUT2D eigenvalue weighted by molar-refractivity contribution is 8.77. The Morgan fingerprint density at radius 1 is 0.886 bits per heavy atom. The van der Waals surface area contributed by atoms with Crippen LogP contribution in [0.2, 0.25) is 0 Å². The van der Waals surface area contributed by atoms with Crippen LogP contribution in [0.15, 0.2) is 24.3 Å². The second kappa shape index (κ2) is 18.8. The molecular formula is C25H35NO7S2. The maximum atomic E-state index is 12.1. The van der Waals surface area contributed by atoms with Gasteiger partial charge in [0.2, 0.25) is 5.91 Å². The molecule has 8 nitrogen and oxygen atoms in total. The highest BCUT2D eigenvalue weighted by atomic mass is 33.1. The number of hydrogen-bond donors (Lipinski definition) is 1. The van der Waals surface area contributed by atoms with Gasteiger partial charge < -0.3 is 10.5 Å². The number of esters is 1. The molecule has 1 atom stereocenters. The van der Waals surface area contributed by atoms with Crippen LogP contribution < -0.4 is 5.73 Å². The first kappa shape index (κ1) is 32.5. The van der Waals surface area contributed by atoms with Crippen molar-refractivity contribution < 1.29 is 33.5 Å². The fraction of sp³-hybridized carbons (Fsp3) is 0.520. The van der Waals surface area contributed by atoms with E-state index in [4.69, 9.17) is 4.74 Å². The van der Waals surface area contributed by atoms with Gasteiger partial charge in [0, 0.05) is 39.0 Å². The van der Waals surface area contributed by atoms with Crippen molar-refractivity contribution in [3.05, 3.63) is 35.4 Å². The molecule has 2 N–H and O–H groups in total. The molecule has 1 unspecified atom stereocenters. The van der Waals surface area contributed by atoms with Gasteiger partial charge in [-0.2, -0.15) is 0 Å². The molecule has 0 bridgehead atoms. The second-order valence-corrected chi connectivity index (χ2v) is 10.4. The van der Waals surface area contributed by atoms with Crippen molar-refractivity contribution in [2.75, 3.05) is 12.9 Å². The molecule has 1 rings (SSSR count). The number of Topliss-reactive ketones (excluding diaryl/α,β-unsaturated/α-hetero) is 4. The van der Waals surface area contributed by atoms with Crippen molar-refractivity contribution >= 4 is 56.6 Å². The van der Waals surface area contributed by atoms with Crippen LogP contribution in [0.3, 0.4) is 0 Å². The maximum absolute atomic E-state index is 12.1. The molecular weight excluding hydrogens is 490 g/mol. The zero-order valence-corrected chi connectivity index (χ0v) is 22.4.